The Balaban J connectivity index is 1.19. The molecule has 8 nitrogen and oxygen atoms in total. The van der Waals surface area contributed by atoms with E-state index in [1.807, 2.05) is 60.8 Å². The highest BCUT2D eigenvalue weighted by Gasteiger charge is 2.23. The van der Waals surface area contributed by atoms with Gasteiger partial charge in [-0.3, -0.25) is 14.8 Å². The van der Waals surface area contributed by atoms with Gasteiger partial charge in [-0.15, -0.1) is 0 Å². The van der Waals surface area contributed by atoms with Crippen LogP contribution in [0.1, 0.15) is 64.6 Å². The minimum Gasteiger partial charge on any atom is -0.480 e. The highest BCUT2D eigenvalue weighted by atomic mass is 16.4. The quantitative estimate of drug-likeness (QED) is 0.196. The van der Waals surface area contributed by atoms with Crippen molar-refractivity contribution < 1.29 is 14.7 Å². The summed E-state index contributed by atoms with van der Waals surface area (Å²) in [6.07, 6.45) is 7.73. The summed E-state index contributed by atoms with van der Waals surface area (Å²) in [6.45, 7) is 1.91. The van der Waals surface area contributed by atoms with Crippen LogP contribution in [0.15, 0.2) is 79.1 Å². The first kappa shape index (κ1) is 27.4. The van der Waals surface area contributed by atoms with Gasteiger partial charge in [0.25, 0.3) is 5.91 Å². The molecule has 0 bridgehead atoms. The molecule has 0 aliphatic heterocycles. The first-order chi connectivity index (χ1) is 19.6. The molecule has 8 heteroatoms. The number of carbonyl (C=O) groups excluding carboxylic acids is 1. The van der Waals surface area contributed by atoms with Crippen LogP contribution in [0.3, 0.4) is 0 Å². The third-order valence-corrected chi connectivity index (χ3v) is 7.47. The standard InChI is InChI=1S/C32H35N5O3/c38-31(37-29(32(39)40)14-7-18-35-28-13-5-8-22-9-6-19-36-30(22)28)27-16-15-23(25-11-1-2-12-26(25)27)20-33-21-24-10-3-4-17-34-24/h1-4,6,9-12,15-17,19,28-29,33,35H,5,7-8,13-14,18,20-21H2,(H,37,38)(H,39,40)/t28?,29-/m0/s1. The molecule has 0 radical (unpaired) electrons. The molecule has 206 valence electrons. The van der Waals surface area contributed by atoms with Crippen molar-refractivity contribution >= 4 is 22.6 Å². The number of fused-ring (bicyclic) bond motifs is 2. The number of carboxylic acids is 1. The molecule has 4 aromatic rings. The van der Waals surface area contributed by atoms with Crippen molar-refractivity contribution in [1.29, 1.82) is 0 Å². The molecule has 4 N–H and O–H groups in total. The largest absolute Gasteiger partial charge is 0.480 e. The summed E-state index contributed by atoms with van der Waals surface area (Å²) < 4.78 is 0. The van der Waals surface area contributed by atoms with Crippen LogP contribution in [0.4, 0.5) is 0 Å². The van der Waals surface area contributed by atoms with E-state index in [0.717, 1.165) is 47.0 Å². The molecule has 5 rings (SSSR count). The molecule has 0 spiro atoms. The molecule has 2 heterocycles. The highest BCUT2D eigenvalue weighted by molar-refractivity contribution is 6.08. The van der Waals surface area contributed by atoms with Crippen molar-refractivity contribution in [3.63, 3.8) is 0 Å². The Kier molecular flexibility index (Phi) is 9.11. The number of rotatable bonds is 12. The normalized spacial score (nSPS) is 15.3. The van der Waals surface area contributed by atoms with Crippen LogP contribution in [0.25, 0.3) is 10.8 Å². The number of nitrogens with one attached hydrogen (secondary N) is 3. The lowest BCUT2D eigenvalue weighted by Gasteiger charge is -2.25. The number of aliphatic carboxylic acids is 1. The van der Waals surface area contributed by atoms with Crippen LogP contribution in [0.5, 0.6) is 0 Å². The Morgan fingerprint density at radius 2 is 1.75 bits per heavy atom. The highest BCUT2D eigenvalue weighted by Crippen LogP contribution is 2.27. The number of pyridine rings is 2. The Labute approximate surface area is 234 Å². The fraction of sp³-hybridized carbons (Fsp3) is 0.312. The number of nitrogens with zero attached hydrogens (tertiary/aromatic N) is 2. The van der Waals surface area contributed by atoms with Crippen molar-refractivity contribution in [2.24, 2.45) is 0 Å². The molecular weight excluding hydrogens is 502 g/mol. The summed E-state index contributed by atoms with van der Waals surface area (Å²) in [6, 6.07) is 20.6. The van der Waals surface area contributed by atoms with Crippen LogP contribution < -0.4 is 16.0 Å². The Hall–Kier alpha value is -4.14. The predicted octanol–water partition coefficient (Wildman–Crippen LogP) is 4.55. The number of benzene rings is 2. The van der Waals surface area contributed by atoms with Gasteiger partial charge in [0.05, 0.1) is 11.4 Å². The van der Waals surface area contributed by atoms with Gasteiger partial charge in [0.2, 0.25) is 0 Å². The summed E-state index contributed by atoms with van der Waals surface area (Å²) in [7, 11) is 0. The summed E-state index contributed by atoms with van der Waals surface area (Å²) >= 11 is 0. The summed E-state index contributed by atoms with van der Waals surface area (Å²) in [4.78, 5) is 34.2. The number of hydrogen-bond acceptors (Lipinski definition) is 6. The van der Waals surface area contributed by atoms with Crippen LogP contribution >= 0.6 is 0 Å². The second-order valence-electron chi connectivity index (χ2n) is 10.2. The molecule has 1 aliphatic carbocycles. The second-order valence-corrected chi connectivity index (χ2v) is 10.2. The lowest BCUT2D eigenvalue weighted by atomic mass is 9.92. The summed E-state index contributed by atoms with van der Waals surface area (Å²) in [5.74, 6) is -1.41. The Morgan fingerprint density at radius 3 is 2.58 bits per heavy atom. The molecule has 1 unspecified atom stereocenters. The third kappa shape index (κ3) is 6.70. The number of aromatic nitrogens is 2. The number of carboxylic acid groups (broad SMARTS) is 1. The molecule has 0 fully saturated rings. The topological polar surface area (TPSA) is 116 Å². The van der Waals surface area contributed by atoms with Crippen molar-refractivity contribution in [3.05, 3.63) is 107 Å². The zero-order valence-electron chi connectivity index (χ0n) is 22.5. The number of carbonyl (C=O) groups is 2. The summed E-state index contributed by atoms with van der Waals surface area (Å²) in [5, 5.41) is 21.3. The lowest BCUT2D eigenvalue weighted by Crippen LogP contribution is -2.41. The number of amides is 1. The van der Waals surface area contributed by atoms with Crippen LogP contribution in [0, 0.1) is 0 Å². The molecule has 0 saturated heterocycles. The van der Waals surface area contributed by atoms with Crippen LogP contribution in [0.2, 0.25) is 0 Å². The first-order valence-electron chi connectivity index (χ1n) is 13.9. The maximum atomic E-state index is 13.3. The van der Waals surface area contributed by atoms with E-state index in [2.05, 4.69) is 32.0 Å². The molecular formula is C32H35N5O3. The maximum Gasteiger partial charge on any atom is 0.326 e. The van der Waals surface area contributed by atoms with E-state index in [9.17, 15) is 14.7 Å². The molecule has 2 atom stereocenters. The SMILES string of the molecule is O=C(N[C@@H](CCCNC1CCCc2cccnc21)C(=O)O)c1ccc(CNCc2ccccn2)c2ccccc12. The molecule has 0 saturated carbocycles. The van der Waals surface area contributed by atoms with E-state index in [0.29, 0.717) is 38.0 Å². The lowest BCUT2D eigenvalue weighted by molar-refractivity contribution is -0.139. The van der Waals surface area contributed by atoms with Crippen LogP contribution in [-0.4, -0.2) is 39.5 Å². The van der Waals surface area contributed by atoms with E-state index in [-0.39, 0.29) is 11.9 Å². The van der Waals surface area contributed by atoms with Gasteiger partial charge in [0.1, 0.15) is 6.04 Å². The second kappa shape index (κ2) is 13.3. The van der Waals surface area contributed by atoms with Crippen molar-refractivity contribution in [2.45, 2.75) is 57.3 Å². The van der Waals surface area contributed by atoms with Crippen molar-refractivity contribution in [3.8, 4) is 0 Å². The molecule has 2 aromatic carbocycles. The Bertz CT molecular complexity index is 1460. The van der Waals surface area contributed by atoms with Gasteiger partial charge >= 0.3 is 5.97 Å². The summed E-state index contributed by atoms with van der Waals surface area (Å²) in [5.41, 5.74) is 4.86. The van der Waals surface area contributed by atoms with Crippen molar-refractivity contribution in [1.82, 2.24) is 25.9 Å². The van der Waals surface area contributed by atoms with Gasteiger partial charge < -0.3 is 21.1 Å². The van der Waals surface area contributed by atoms with E-state index >= 15 is 0 Å². The van der Waals surface area contributed by atoms with E-state index in [1.54, 1.807) is 12.3 Å². The van der Waals surface area contributed by atoms with Gasteiger partial charge in [-0.05, 0) is 84.8 Å². The van der Waals surface area contributed by atoms with Gasteiger partial charge in [-0.25, -0.2) is 4.79 Å². The van der Waals surface area contributed by atoms with Gasteiger partial charge in [-0.2, -0.15) is 0 Å². The first-order valence-corrected chi connectivity index (χ1v) is 13.9. The molecule has 1 amide bonds. The fourth-order valence-corrected chi connectivity index (χ4v) is 5.43. The van der Waals surface area contributed by atoms with Crippen LogP contribution in [-0.2, 0) is 24.3 Å². The minimum absolute atomic E-state index is 0.186. The smallest absolute Gasteiger partial charge is 0.326 e. The third-order valence-electron chi connectivity index (χ3n) is 7.47. The van der Waals surface area contributed by atoms with Gasteiger partial charge in [0.15, 0.2) is 0 Å². The van der Waals surface area contributed by atoms with E-state index in [4.69, 9.17) is 0 Å². The minimum atomic E-state index is -1.03. The maximum absolute atomic E-state index is 13.3. The number of aryl methyl sites for hydroxylation is 1. The average molecular weight is 538 g/mol. The Morgan fingerprint density at radius 1 is 0.925 bits per heavy atom. The van der Waals surface area contributed by atoms with E-state index < -0.39 is 12.0 Å². The fourth-order valence-electron chi connectivity index (χ4n) is 5.43. The number of hydrogen-bond donors (Lipinski definition) is 4. The van der Waals surface area contributed by atoms with Crippen molar-refractivity contribution in [2.75, 3.05) is 6.54 Å². The monoisotopic (exact) mass is 537 g/mol. The van der Waals surface area contributed by atoms with E-state index in [1.165, 1.54) is 5.56 Å². The van der Waals surface area contributed by atoms with Gasteiger partial charge in [-0.1, -0.05) is 42.5 Å². The molecule has 40 heavy (non-hydrogen) atoms. The predicted molar refractivity (Wildman–Crippen MR) is 155 cm³/mol. The average Bonchev–Trinajstić information content (AvgIpc) is 2.99. The molecule has 2 aromatic heterocycles. The zero-order chi connectivity index (χ0) is 27.7. The van der Waals surface area contributed by atoms with Gasteiger partial charge in [0, 0.05) is 37.1 Å². The molecule has 1 aliphatic rings. The zero-order valence-corrected chi connectivity index (χ0v) is 22.5.